The number of benzene rings is 1. The molecule has 0 bridgehead atoms. The third-order valence-electron chi connectivity index (χ3n) is 2.55. The highest BCUT2D eigenvalue weighted by Gasteiger charge is 2.14. The second kappa shape index (κ2) is 6.77. The molecule has 1 unspecified atom stereocenters. The van der Waals surface area contributed by atoms with Crippen LogP contribution in [0, 0.1) is 0 Å². The SMILES string of the molecule is COc1cc(C(O)CO)cc(CC=CC(=O)O)c1O. The second-order valence-electron chi connectivity index (χ2n) is 3.87. The number of aliphatic hydroxyl groups excluding tert-OH is 2. The summed E-state index contributed by atoms with van der Waals surface area (Å²) in [5, 5.41) is 36.9. The number of carboxylic acids is 1. The lowest BCUT2D eigenvalue weighted by Gasteiger charge is -2.14. The van der Waals surface area contributed by atoms with Gasteiger partial charge < -0.3 is 25.2 Å². The summed E-state index contributed by atoms with van der Waals surface area (Å²) < 4.78 is 4.97. The Morgan fingerprint density at radius 1 is 1.47 bits per heavy atom. The van der Waals surface area contributed by atoms with E-state index in [4.69, 9.17) is 14.9 Å². The summed E-state index contributed by atoms with van der Waals surface area (Å²) in [4.78, 5) is 10.4. The maximum Gasteiger partial charge on any atom is 0.327 e. The van der Waals surface area contributed by atoms with E-state index < -0.39 is 18.7 Å². The Morgan fingerprint density at radius 3 is 2.68 bits per heavy atom. The van der Waals surface area contributed by atoms with Crippen LogP contribution in [-0.4, -0.2) is 40.1 Å². The number of aliphatic carboxylic acids is 1. The number of aromatic hydroxyl groups is 1. The van der Waals surface area contributed by atoms with Crippen LogP contribution in [0.25, 0.3) is 0 Å². The van der Waals surface area contributed by atoms with Gasteiger partial charge in [0.1, 0.15) is 6.10 Å². The predicted molar refractivity (Wildman–Crippen MR) is 67.2 cm³/mol. The number of carbonyl (C=O) groups is 1. The van der Waals surface area contributed by atoms with Gasteiger partial charge in [-0.3, -0.25) is 0 Å². The van der Waals surface area contributed by atoms with E-state index in [2.05, 4.69) is 0 Å². The molecule has 0 fully saturated rings. The molecule has 19 heavy (non-hydrogen) atoms. The Kier molecular flexibility index (Phi) is 5.35. The molecule has 0 aliphatic rings. The van der Waals surface area contributed by atoms with Crippen molar-refractivity contribution in [1.29, 1.82) is 0 Å². The van der Waals surface area contributed by atoms with Crippen LogP contribution in [0.5, 0.6) is 11.5 Å². The quantitative estimate of drug-likeness (QED) is 0.563. The number of hydrogen-bond donors (Lipinski definition) is 4. The summed E-state index contributed by atoms with van der Waals surface area (Å²) in [6.07, 6.45) is 1.41. The van der Waals surface area contributed by atoms with Crippen molar-refractivity contribution in [2.75, 3.05) is 13.7 Å². The molecule has 0 aliphatic carbocycles. The fourth-order valence-electron chi connectivity index (χ4n) is 1.58. The summed E-state index contributed by atoms with van der Waals surface area (Å²) in [5.41, 5.74) is 0.787. The number of phenols is 1. The Hall–Kier alpha value is -2.05. The number of methoxy groups -OCH3 is 1. The van der Waals surface area contributed by atoms with Crippen molar-refractivity contribution in [3.8, 4) is 11.5 Å². The van der Waals surface area contributed by atoms with Crippen LogP contribution in [0.15, 0.2) is 24.3 Å². The van der Waals surface area contributed by atoms with Gasteiger partial charge in [-0.25, -0.2) is 4.79 Å². The highest BCUT2D eigenvalue weighted by Crippen LogP contribution is 2.33. The van der Waals surface area contributed by atoms with E-state index >= 15 is 0 Å². The van der Waals surface area contributed by atoms with Gasteiger partial charge in [0.15, 0.2) is 11.5 Å². The van der Waals surface area contributed by atoms with Crippen LogP contribution in [0.1, 0.15) is 17.2 Å². The summed E-state index contributed by atoms with van der Waals surface area (Å²) in [6.45, 7) is -0.460. The van der Waals surface area contributed by atoms with Gasteiger partial charge in [0.2, 0.25) is 0 Å². The Labute approximate surface area is 110 Å². The van der Waals surface area contributed by atoms with Crippen molar-refractivity contribution in [3.05, 3.63) is 35.4 Å². The molecule has 6 heteroatoms. The zero-order chi connectivity index (χ0) is 14.4. The van der Waals surface area contributed by atoms with E-state index in [1.54, 1.807) is 0 Å². The molecule has 0 spiro atoms. The molecule has 0 amide bonds. The molecule has 4 N–H and O–H groups in total. The third-order valence-corrected chi connectivity index (χ3v) is 2.55. The Bertz CT molecular complexity index is 480. The van der Waals surface area contributed by atoms with E-state index in [1.165, 1.54) is 25.3 Å². The number of carboxylic acid groups (broad SMARTS) is 1. The fourth-order valence-corrected chi connectivity index (χ4v) is 1.58. The van der Waals surface area contributed by atoms with Gasteiger partial charge in [0.25, 0.3) is 0 Å². The maximum atomic E-state index is 10.4. The molecule has 0 saturated heterocycles. The Morgan fingerprint density at radius 2 is 2.16 bits per heavy atom. The highest BCUT2D eigenvalue weighted by molar-refractivity contribution is 5.79. The molecular weight excluding hydrogens is 252 g/mol. The maximum absolute atomic E-state index is 10.4. The molecule has 1 atom stereocenters. The summed E-state index contributed by atoms with van der Waals surface area (Å²) in [6, 6.07) is 2.91. The third kappa shape index (κ3) is 3.97. The highest BCUT2D eigenvalue weighted by atomic mass is 16.5. The van der Waals surface area contributed by atoms with Crippen LogP contribution in [0.2, 0.25) is 0 Å². The zero-order valence-electron chi connectivity index (χ0n) is 10.4. The van der Waals surface area contributed by atoms with E-state index in [9.17, 15) is 15.0 Å². The molecule has 0 heterocycles. The number of aliphatic hydroxyl groups is 2. The summed E-state index contributed by atoms with van der Waals surface area (Å²) in [7, 11) is 1.36. The molecule has 6 nitrogen and oxygen atoms in total. The van der Waals surface area contributed by atoms with Crippen LogP contribution in [0.3, 0.4) is 0 Å². The average molecular weight is 268 g/mol. The minimum Gasteiger partial charge on any atom is -0.504 e. The molecular formula is C13H16O6. The topological polar surface area (TPSA) is 107 Å². The number of hydrogen-bond acceptors (Lipinski definition) is 5. The van der Waals surface area contributed by atoms with Crippen molar-refractivity contribution < 1.29 is 30.0 Å². The minimum absolute atomic E-state index is 0.119. The molecule has 1 rings (SSSR count). The lowest BCUT2D eigenvalue weighted by atomic mass is 10.0. The molecule has 104 valence electrons. The van der Waals surface area contributed by atoms with Gasteiger partial charge in [-0.05, 0) is 24.1 Å². The largest absolute Gasteiger partial charge is 0.504 e. The monoisotopic (exact) mass is 268 g/mol. The number of ether oxygens (including phenoxy) is 1. The van der Waals surface area contributed by atoms with E-state index in [0.29, 0.717) is 11.1 Å². The van der Waals surface area contributed by atoms with Gasteiger partial charge in [-0.2, -0.15) is 0 Å². The first-order valence-electron chi connectivity index (χ1n) is 5.57. The second-order valence-corrected chi connectivity index (χ2v) is 3.87. The molecule has 0 radical (unpaired) electrons. The van der Waals surface area contributed by atoms with E-state index in [-0.39, 0.29) is 17.9 Å². The van der Waals surface area contributed by atoms with Gasteiger partial charge in [0, 0.05) is 11.6 Å². The number of allylic oxidation sites excluding steroid dienone is 1. The number of rotatable bonds is 6. The summed E-state index contributed by atoms with van der Waals surface area (Å²) in [5.74, 6) is -1.05. The first-order valence-corrected chi connectivity index (χ1v) is 5.57. The fraction of sp³-hybridized carbons (Fsp3) is 0.308. The minimum atomic E-state index is -1.09. The lowest BCUT2D eigenvalue weighted by molar-refractivity contribution is -0.131. The molecule has 0 aromatic heterocycles. The first kappa shape index (κ1) is 15.0. The Balaban J connectivity index is 3.10. The van der Waals surface area contributed by atoms with Crippen LogP contribution in [0.4, 0.5) is 0 Å². The first-order chi connectivity index (χ1) is 8.99. The van der Waals surface area contributed by atoms with Crippen molar-refractivity contribution in [1.82, 2.24) is 0 Å². The molecule has 1 aromatic rings. The van der Waals surface area contributed by atoms with Crippen molar-refractivity contribution >= 4 is 5.97 Å². The van der Waals surface area contributed by atoms with Crippen LogP contribution in [-0.2, 0) is 11.2 Å². The van der Waals surface area contributed by atoms with Crippen LogP contribution >= 0.6 is 0 Å². The van der Waals surface area contributed by atoms with Crippen molar-refractivity contribution in [3.63, 3.8) is 0 Å². The number of phenolic OH excluding ortho intramolecular Hbond substituents is 1. The van der Waals surface area contributed by atoms with Crippen molar-refractivity contribution in [2.24, 2.45) is 0 Å². The van der Waals surface area contributed by atoms with Crippen LogP contribution < -0.4 is 4.74 Å². The van der Waals surface area contributed by atoms with Gasteiger partial charge in [0.05, 0.1) is 13.7 Å². The van der Waals surface area contributed by atoms with Gasteiger partial charge >= 0.3 is 5.97 Å². The zero-order valence-corrected chi connectivity index (χ0v) is 10.4. The van der Waals surface area contributed by atoms with E-state index in [1.807, 2.05) is 0 Å². The predicted octanol–water partition coefficient (Wildman–Crippen LogP) is 0.610. The average Bonchev–Trinajstić information content (AvgIpc) is 2.39. The van der Waals surface area contributed by atoms with Crippen molar-refractivity contribution in [2.45, 2.75) is 12.5 Å². The van der Waals surface area contributed by atoms with Gasteiger partial charge in [-0.1, -0.05) is 6.08 Å². The molecule has 1 aromatic carbocycles. The standard InChI is InChI=1S/C13H16O6/c1-19-11-6-9(10(15)7-14)5-8(13(11)18)3-2-4-12(16)17/h2,4-6,10,14-15,18H,3,7H2,1H3,(H,16,17). The molecule has 0 aliphatic heterocycles. The van der Waals surface area contributed by atoms with Gasteiger partial charge in [-0.15, -0.1) is 0 Å². The van der Waals surface area contributed by atoms with E-state index in [0.717, 1.165) is 6.08 Å². The lowest BCUT2D eigenvalue weighted by Crippen LogP contribution is -2.04. The summed E-state index contributed by atoms with van der Waals surface area (Å²) >= 11 is 0. The smallest absolute Gasteiger partial charge is 0.327 e. The normalized spacial score (nSPS) is 12.6. The molecule has 0 saturated carbocycles.